The van der Waals surface area contributed by atoms with Crippen LogP contribution in [-0.4, -0.2) is 57.6 Å². The molecule has 6 heteroatoms. The van der Waals surface area contributed by atoms with Crippen LogP contribution in [0.2, 0.25) is 0 Å². The molecular weight excluding hydrogens is 290 g/mol. The molecule has 6 fully saturated rings. The smallest absolute Gasteiger partial charge is 0.320 e. The lowest BCUT2D eigenvalue weighted by Crippen LogP contribution is -2.62. The first-order valence-corrected chi connectivity index (χ1v) is 8.51. The SMILES string of the molecule is O=C1N2CC(F)(F)CC2CN1C1C2CC3CC1CC(O)(C3)C2. The van der Waals surface area contributed by atoms with Crippen LogP contribution >= 0.6 is 0 Å². The Hall–Kier alpha value is -0.910. The molecule has 6 aliphatic rings. The Kier molecular flexibility index (Phi) is 2.42. The quantitative estimate of drug-likeness (QED) is 0.805. The predicted molar refractivity (Wildman–Crippen MR) is 74.5 cm³/mol. The van der Waals surface area contributed by atoms with E-state index in [2.05, 4.69) is 0 Å². The highest BCUT2D eigenvalue weighted by molar-refractivity contribution is 5.78. The van der Waals surface area contributed by atoms with Gasteiger partial charge in [-0.15, -0.1) is 0 Å². The van der Waals surface area contributed by atoms with Crippen molar-refractivity contribution in [1.29, 1.82) is 0 Å². The van der Waals surface area contributed by atoms with E-state index in [9.17, 15) is 18.7 Å². The van der Waals surface area contributed by atoms with Crippen molar-refractivity contribution in [1.82, 2.24) is 9.80 Å². The number of nitrogens with zero attached hydrogens (tertiary/aromatic N) is 2. The Morgan fingerprint density at radius 1 is 1.05 bits per heavy atom. The summed E-state index contributed by atoms with van der Waals surface area (Å²) in [6.07, 6.45) is 4.48. The van der Waals surface area contributed by atoms with Crippen molar-refractivity contribution in [2.24, 2.45) is 17.8 Å². The van der Waals surface area contributed by atoms with Crippen LogP contribution in [0.1, 0.15) is 38.5 Å². The number of alkyl halides is 2. The van der Waals surface area contributed by atoms with Crippen molar-refractivity contribution in [2.75, 3.05) is 13.1 Å². The first-order chi connectivity index (χ1) is 10.3. The number of urea groups is 1. The zero-order valence-corrected chi connectivity index (χ0v) is 12.5. The lowest BCUT2D eigenvalue weighted by Gasteiger charge is -2.59. The zero-order valence-electron chi connectivity index (χ0n) is 12.5. The van der Waals surface area contributed by atoms with Gasteiger partial charge in [-0.1, -0.05) is 0 Å². The van der Waals surface area contributed by atoms with E-state index in [0.717, 1.165) is 32.1 Å². The molecule has 22 heavy (non-hydrogen) atoms. The van der Waals surface area contributed by atoms with Crippen LogP contribution in [0, 0.1) is 17.8 Å². The largest absolute Gasteiger partial charge is 0.390 e. The highest BCUT2D eigenvalue weighted by atomic mass is 19.3. The normalized spacial score (nSPS) is 51.8. The molecule has 3 atom stereocenters. The van der Waals surface area contributed by atoms with Crippen LogP contribution in [0.15, 0.2) is 0 Å². The highest BCUT2D eigenvalue weighted by Gasteiger charge is 2.60. The van der Waals surface area contributed by atoms with Gasteiger partial charge in [-0.3, -0.25) is 0 Å². The van der Waals surface area contributed by atoms with E-state index < -0.39 is 18.1 Å². The summed E-state index contributed by atoms with van der Waals surface area (Å²) >= 11 is 0. The zero-order chi connectivity index (χ0) is 15.3. The number of fused-ring (bicyclic) bond motifs is 1. The molecule has 0 aromatic heterocycles. The summed E-state index contributed by atoms with van der Waals surface area (Å²) in [6, 6.07) is -0.335. The maximum Gasteiger partial charge on any atom is 0.320 e. The molecule has 4 aliphatic carbocycles. The van der Waals surface area contributed by atoms with Gasteiger partial charge in [0.1, 0.15) is 0 Å². The number of halogens is 2. The van der Waals surface area contributed by atoms with Gasteiger partial charge in [-0.05, 0) is 49.9 Å². The summed E-state index contributed by atoms with van der Waals surface area (Å²) in [7, 11) is 0. The minimum Gasteiger partial charge on any atom is -0.390 e. The lowest BCUT2D eigenvalue weighted by atomic mass is 9.52. The molecule has 2 aliphatic heterocycles. The van der Waals surface area contributed by atoms with E-state index in [1.807, 2.05) is 4.90 Å². The van der Waals surface area contributed by atoms with E-state index in [1.165, 1.54) is 4.90 Å². The van der Waals surface area contributed by atoms with Crippen molar-refractivity contribution in [3.63, 3.8) is 0 Å². The Morgan fingerprint density at radius 3 is 2.32 bits per heavy atom. The van der Waals surface area contributed by atoms with Gasteiger partial charge in [0.25, 0.3) is 5.92 Å². The van der Waals surface area contributed by atoms with Crippen LogP contribution in [0.25, 0.3) is 0 Å². The van der Waals surface area contributed by atoms with Gasteiger partial charge in [-0.25, -0.2) is 13.6 Å². The van der Waals surface area contributed by atoms with Gasteiger partial charge in [-0.2, -0.15) is 0 Å². The summed E-state index contributed by atoms with van der Waals surface area (Å²) in [5, 5.41) is 10.6. The van der Waals surface area contributed by atoms with E-state index in [1.54, 1.807) is 0 Å². The van der Waals surface area contributed by atoms with Crippen LogP contribution in [0.4, 0.5) is 13.6 Å². The monoisotopic (exact) mass is 312 g/mol. The van der Waals surface area contributed by atoms with Gasteiger partial charge < -0.3 is 14.9 Å². The topological polar surface area (TPSA) is 43.8 Å². The molecule has 6 rings (SSSR count). The minimum atomic E-state index is -2.72. The molecule has 122 valence electrons. The highest BCUT2D eigenvalue weighted by Crippen LogP contribution is 2.57. The molecule has 0 aromatic rings. The van der Waals surface area contributed by atoms with Crippen molar-refractivity contribution in [2.45, 2.75) is 62.1 Å². The second-order valence-electron chi connectivity index (χ2n) is 8.46. The van der Waals surface area contributed by atoms with Crippen molar-refractivity contribution in [3.05, 3.63) is 0 Å². The molecule has 4 saturated carbocycles. The van der Waals surface area contributed by atoms with Gasteiger partial charge >= 0.3 is 6.03 Å². The van der Waals surface area contributed by atoms with Crippen LogP contribution in [0.3, 0.4) is 0 Å². The van der Waals surface area contributed by atoms with Gasteiger partial charge in [0.2, 0.25) is 0 Å². The molecule has 0 aromatic carbocycles. The fourth-order valence-corrected chi connectivity index (χ4v) is 6.47. The molecule has 2 heterocycles. The van der Waals surface area contributed by atoms with E-state index in [-0.39, 0.29) is 24.5 Å². The van der Waals surface area contributed by atoms with Crippen molar-refractivity contribution < 1.29 is 18.7 Å². The molecule has 4 nitrogen and oxygen atoms in total. The Morgan fingerprint density at radius 2 is 1.73 bits per heavy atom. The number of aliphatic hydroxyl groups is 1. The number of hydrogen-bond donors (Lipinski definition) is 1. The lowest BCUT2D eigenvalue weighted by molar-refractivity contribution is -0.152. The van der Waals surface area contributed by atoms with E-state index in [4.69, 9.17) is 0 Å². The van der Waals surface area contributed by atoms with Crippen LogP contribution < -0.4 is 0 Å². The average Bonchev–Trinajstić information content (AvgIpc) is 2.82. The van der Waals surface area contributed by atoms with Crippen LogP contribution in [0.5, 0.6) is 0 Å². The summed E-state index contributed by atoms with van der Waals surface area (Å²) < 4.78 is 27.0. The first kappa shape index (κ1) is 13.5. The molecule has 0 radical (unpaired) electrons. The van der Waals surface area contributed by atoms with Crippen molar-refractivity contribution in [3.8, 4) is 0 Å². The third kappa shape index (κ3) is 1.73. The molecule has 2 amide bonds. The second-order valence-corrected chi connectivity index (χ2v) is 8.46. The standard InChI is InChI=1S/C16H22F2N2O2/c17-16(18)6-12-7-19(14(21)20(12)8-16)13-10-1-9-2-11(13)5-15(22,3-9)4-10/h9-13,22H,1-8H2. The third-order valence-corrected chi connectivity index (χ3v) is 6.83. The van der Waals surface area contributed by atoms with Crippen LogP contribution in [-0.2, 0) is 0 Å². The number of hydrogen-bond acceptors (Lipinski definition) is 2. The van der Waals surface area contributed by atoms with E-state index >= 15 is 0 Å². The van der Waals surface area contributed by atoms with Crippen molar-refractivity contribution >= 4 is 6.03 Å². The second kappa shape index (κ2) is 3.94. The van der Waals surface area contributed by atoms with Gasteiger partial charge in [0.05, 0.1) is 18.2 Å². The average molecular weight is 312 g/mol. The van der Waals surface area contributed by atoms with Gasteiger partial charge in [0.15, 0.2) is 0 Å². The predicted octanol–water partition coefficient (Wildman–Crippen LogP) is 2.07. The molecular formula is C16H22F2N2O2. The first-order valence-electron chi connectivity index (χ1n) is 8.51. The fraction of sp³-hybridized carbons (Fsp3) is 0.938. The number of amides is 2. The Balaban J connectivity index is 1.40. The maximum absolute atomic E-state index is 13.5. The third-order valence-electron chi connectivity index (χ3n) is 6.83. The molecule has 1 N–H and O–H groups in total. The maximum atomic E-state index is 13.5. The molecule has 2 saturated heterocycles. The Bertz CT molecular complexity index is 524. The molecule has 4 bridgehead atoms. The summed E-state index contributed by atoms with van der Waals surface area (Å²) in [5.74, 6) is -1.40. The molecule has 0 spiro atoms. The summed E-state index contributed by atoms with van der Waals surface area (Å²) in [4.78, 5) is 15.9. The van der Waals surface area contributed by atoms with Gasteiger partial charge in [0, 0.05) is 19.0 Å². The number of rotatable bonds is 1. The Labute approximate surface area is 128 Å². The summed E-state index contributed by atoms with van der Waals surface area (Å²) in [5.41, 5.74) is -0.515. The molecule has 3 unspecified atom stereocenters. The van der Waals surface area contributed by atoms with E-state index in [0.29, 0.717) is 24.3 Å². The minimum absolute atomic E-state index is 0.170. The number of carbonyl (C=O) groups is 1. The fourth-order valence-electron chi connectivity index (χ4n) is 6.47. The summed E-state index contributed by atoms with van der Waals surface area (Å²) in [6.45, 7) is 0.0385. The number of carbonyl (C=O) groups excluding carboxylic acids is 1.